The van der Waals surface area contributed by atoms with E-state index >= 15 is 0 Å². The number of nitrogens with one attached hydrogen (secondary N) is 1. The van der Waals surface area contributed by atoms with Crippen molar-refractivity contribution in [1.29, 1.82) is 0 Å². The maximum atomic E-state index is 12.4. The molecule has 2 rings (SSSR count). The molecule has 0 bridgehead atoms. The summed E-state index contributed by atoms with van der Waals surface area (Å²) in [6, 6.07) is 9.57. The molecule has 0 heterocycles. The zero-order valence-corrected chi connectivity index (χ0v) is 15.5. The van der Waals surface area contributed by atoms with Crippen LogP contribution in [0.2, 0.25) is 5.02 Å². The number of anilines is 1. The molecule has 21 heavy (non-hydrogen) atoms. The number of halogens is 3. The lowest BCUT2D eigenvalue weighted by Crippen LogP contribution is -2.13. The number of ether oxygens (including phenoxy) is 1. The number of hydrogen-bond donors (Lipinski definition) is 1. The molecule has 112 valence electrons. The van der Waals surface area contributed by atoms with E-state index in [2.05, 4.69) is 36.6 Å². The summed E-state index contributed by atoms with van der Waals surface area (Å²) in [6.45, 7) is 0. The van der Waals surface area contributed by atoms with Crippen LogP contribution >= 0.6 is 43.5 Å². The first kappa shape index (κ1) is 16.6. The molecule has 0 fully saturated rings. The minimum absolute atomic E-state index is 0.129. The van der Waals surface area contributed by atoms with Gasteiger partial charge in [0.05, 0.1) is 17.8 Å². The molecule has 8 heteroatoms. The van der Waals surface area contributed by atoms with Crippen LogP contribution in [-0.4, -0.2) is 15.5 Å². The van der Waals surface area contributed by atoms with Crippen molar-refractivity contribution in [1.82, 2.24) is 0 Å². The van der Waals surface area contributed by atoms with Crippen LogP contribution in [0.4, 0.5) is 5.69 Å². The highest BCUT2D eigenvalue weighted by molar-refractivity contribution is 9.11. The number of benzene rings is 2. The zero-order valence-electron chi connectivity index (χ0n) is 10.7. The molecule has 0 radical (unpaired) electrons. The molecule has 0 amide bonds. The molecule has 0 aliphatic rings. The van der Waals surface area contributed by atoms with Crippen LogP contribution < -0.4 is 9.46 Å². The van der Waals surface area contributed by atoms with E-state index in [0.717, 1.165) is 0 Å². The number of sulfonamides is 1. The summed E-state index contributed by atoms with van der Waals surface area (Å²) in [6.07, 6.45) is 0. The fourth-order valence-electron chi connectivity index (χ4n) is 1.62. The number of methoxy groups -OCH3 is 1. The second-order valence-corrected chi connectivity index (χ2v) is 7.86. The van der Waals surface area contributed by atoms with E-state index in [0.29, 0.717) is 25.4 Å². The van der Waals surface area contributed by atoms with Crippen LogP contribution in [-0.2, 0) is 10.0 Å². The average Bonchev–Trinajstić information content (AvgIpc) is 2.41. The van der Waals surface area contributed by atoms with E-state index in [9.17, 15) is 8.42 Å². The van der Waals surface area contributed by atoms with Crippen molar-refractivity contribution in [3.63, 3.8) is 0 Å². The molecule has 0 atom stereocenters. The summed E-state index contributed by atoms with van der Waals surface area (Å²) in [5, 5.41) is 0.325. The Hall–Kier alpha value is -0.760. The standard InChI is InChI=1S/C13H10Br2ClNO3S/c1-20-12-5-3-9(7-11(12)16)17-21(18,19)13-6-8(14)2-4-10(13)15/h2-7,17H,1H3. The van der Waals surface area contributed by atoms with Gasteiger partial charge in [0.15, 0.2) is 0 Å². The molecule has 1 N–H and O–H groups in total. The molecule has 0 unspecified atom stereocenters. The molecule has 0 spiro atoms. The summed E-state index contributed by atoms with van der Waals surface area (Å²) in [5.74, 6) is 0.475. The summed E-state index contributed by atoms with van der Waals surface area (Å²) in [7, 11) is -2.24. The highest BCUT2D eigenvalue weighted by Gasteiger charge is 2.18. The quantitative estimate of drug-likeness (QED) is 0.729. The molecule has 0 aliphatic carbocycles. The summed E-state index contributed by atoms with van der Waals surface area (Å²) >= 11 is 12.5. The van der Waals surface area contributed by atoms with Crippen molar-refractivity contribution in [2.45, 2.75) is 4.90 Å². The van der Waals surface area contributed by atoms with Gasteiger partial charge in [0.1, 0.15) is 10.6 Å². The Labute approximate surface area is 144 Å². The first-order valence-electron chi connectivity index (χ1n) is 5.65. The van der Waals surface area contributed by atoms with Crippen LogP contribution in [0.3, 0.4) is 0 Å². The Kier molecular flexibility index (Phi) is 5.19. The lowest BCUT2D eigenvalue weighted by molar-refractivity contribution is 0.415. The van der Waals surface area contributed by atoms with Crippen molar-refractivity contribution < 1.29 is 13.2 Å². The zero-order chi connectivity index (χ0) is 15.6. The molecule has 4 nitrogen and oxygen atoms in total. The maximum Gasteiger partial charge on any atom is 0.263 e. The Bertz CT molecular complexity index is 781. The van der Waals surface area contributed by atoms with E-state index in [1.807, 2.05) is 0 Å². The van der Waals surface area contributed by atoms with E-state index in [-0.39, 0.29) is 4.90 Å². The largest absolute Gasteiger partial charge is 0.495 e. The minimum Gasteiger partial charge on any atom is -0.495 e. The third-order valence-electron chi connectivity index (χ3n) is 2.59. The fourth-order valence-corrected chi connectivity index (χ4v) is 4.43. The minimum atomic E-state index is -3.73. The van der Waals surface area contributed by atoms with Gasteiger partial charge in [0, 0.05) is 8.95 Å². The number of rotatable bonds is 4. The topological polar surface area (TPSA) is 55.4 Å². The normalized spacial score (nSPS) is 11.2. The first-order valence-corrected chi connectivity index (χ1v) is 9.09. The van der Waals surface area contributed by atoms with Crippen LogP contribution in [0.1, 0.15) is 0 Å². The van der Waals surface area contributed by atoms with Crippen molar-refractivity contribution >= 4 is 59.2 Å². The second-order valence-electron chi connectivity index (χ2n) is 4.03. The van der Waals surface area contributed by atoms with E-state index in [1.54, 1.807) is 24.3 Å². The Balaban J connectivity index is 2.37. The maximum absolute atomic E-state index is 12.4. The average molecular weight is 456 g/mol. The van der Waals surface area contributed by atoms with Gasteiger partial charge in [-0.15, -0.1) is 0 Å². The van der Waals surface area contributed by atoms with Gasteiger partial charge < -0.3 is 4.74 Å². The first-order chi connectivity index (χ1) is 9.83. The van der Waals surface area contributed by atoms with Crippen LogP contribution in [0.5, 0.6) is 5.75 Å². The van der Waals surface area contributed by atoms with Gasteiger partial charge >= 0.3 is 0 Å². The van der Waals surface area contributed by atoms with Crippen LogP contribution in [0.15, 0.2) is 50.2 Å². The fraction of sp³-hybridized carbons (Fsp3) is 0.0769. The molecule has 2 aromatic rings. The Morgan fingerprint density at radius 3 is 2.48 bits per heavy atom. The molecule has 2 aromatic carbocycles. The lowest BCUT2D eigenvalue weighted by Gasteiger charge is -2.11. The Morgan fingerprint density at radius 1 is 1.14 bits per heavy atom. The SMILES string of the molecule is COc1ccc(NS(=O)(=O)c2cc(Br)ccc2Br)cc1Cl. The molecule has 0 aromatic heterocycles. The van der Waals surface area contributed by atoms with Gasteiger partial charge in [-0.3, -0.25) is 4.72 Å². The third-order valence-corrected chi connectivity index (χ3v) is 5.75. The summed E-state index contributed by atoms with van der Waals surface area (Å²) < 4.78 is 33.4. The van der Waals surface area contributed by atoms with Crippen molar-refractivity contribution in [3.8, 4) is 5.75 Å². The highest BCUT2D eigenvalue weighted by atomic mass is 79.9. The molecule has 0 saturated heterocycles. The van der Waals surface area contributed by atoms with Crippen molar-refractivity contribution in [2.75, 3.05) is 11.8 Å². The van der Waals surface area contributed by atoms with Gasteiger partial charge in [-0.2, -0.15) is 0 Å². The van der Waals surface area contributed by atoms with Crippen LogP contribution in [0, 0.1) is 0 Å². The smallest absolute Gasteiger partial charge is 0.263 e. The highest BCUT2D eigenvalue weighted by Crippen LogP contribution is 2.30. The number of hydrogen-bond acceptors (Lipinski definition) is 3. The van der Waals surface area contributed by atoms with Gasteiger partial charge in [0.25, 0.3) is 10.0 Å². The van der Waals surface area contributed by atoms with Crippen LogP contribution in [0.25, 0.3) is 0 Å². The molecular weight excluding hydrogens is 445 g/mol. The summed E-state index contributed by atoms with van der Waals surface area (Å²) in [4.78, 5) is 0.129. The summed E-state index contributed by atoms with van der Waals surface area (Å²) in [5.41, 5.74) is 0.354. The van der Waals surface area contributed by atoms with E-state index < -0.39 is 10.0 Å². The Morgan fingerprint density at radius 2 is 1.86 bits per heavy atom. The second kappa shape index (κ2) is 6.56. The lowest BCUT2D eigenvalue weighted by atomic mass is 10.3. The molecular formula is C13H10Br2ClNO3S. The van der Waals surface area contributed by atoms with E-state index in [4.69, 9.17) is 16.3 Å². The predicted molar refractivity (Wildman–Crippen MR) is 90.7 cm³/mol. The van der Waals surface area contributed by atoms with Gasteiger partial charge in [-0.25, -0.2) is 8.42 Å². The predicted octanol–water partition coefficient (Wildman–Crippen LogP) is 4.67. The van der Waals surface area contributed by atoms with Gasteiger partial charge in [-0.05, 0) is 52.3 Å². The third kappa shape index (κ3) is 3.91. The van der Waals surface area contributed by atoms with Gasteiger partial charge in [0.2, 0.25) is 0 Å². The van der Waals surface area contributed by atoms with Gasteiger partial charge in [-0.1, -0.05) is 27.5 Å². The molecule has 0 aliphatic heterocycles. The van der Waals surface area contributed by atoms with E-state index in [1.165, 1.54) is 19.2 Å². The van der Waals surface area contributed by atoms with Crippen molar-refractivity contribution in [3.05, 3.63) is 50.4 Å². The monoisotopic (exact) mass is 453 g/mol. The molecule has 0 saturated carbocycles. The van der Waals surface area contributed by atoms with Crippen molar-refractivity contribution in [2.24, 2.45) is 0 Å².